The highest BCUT2D eigenvalue weighted by atomic mass is 32.1. The Labute approximate surface area is 167 Å². The molecule has 1 fully saturated rings. The van der Waals surface area contributed by atoms with Gasteiger partial charge in [0.05, 0.1) is 0 Å². The van der Waals surface area contributed by atoms with Crippen molar-refractivity contribution in [2.24, 2.45) is 10.9 Å². The zero-order valence-corrected chi connectivity index (χ0v) is 18.1. The minimum absolute atomic E-state index is 0.0194. The van der Waals surface area contributed by atoms with Crippen LogP contribution in [0.25, 0.3) is 0 Å². The SMILES string of the molecule is CCNC(=NCC(=O)OC(C)(C)C)NCC1CCCN(C)C1c1cccs1. The van der Waals surface area contributed by atoms with Gasteiger partial charge in [-0.3, -0.25) is 9.69 Å². The number of aliphatic imine (C=N–C) groups is 1. The van der Waals surface area contributed by atoms with Crippen LogP contribution < -0.4 is 10.6 Å². The second-order valence-corrected chi connectivity index (χ2v) is 8.98. The van der Waals surface area contributed by atoms with Crippen LogP contribution in [0.4, 0.5) is 0 Å². The molecule has 1 saturated heterocycles. The van der Waals surface area contributed by atoms with E-state index in [0.29, 0.717) is 17.9 Å². The van der Waals surface area contributed by atoms with Crippen LogP contribution in [0.1, 0.15) is 51.5 Å². The summed E-state index contributed by atoms with van der Waals surface area (Å²) in [6.07, 6.45) is 2.39. The van der Waals surface area contributed by atoms with Crippen molar-refractivity contribution in [2.45, 2.75) is 52.2 Å². The molecule has 0 aromatic carbocycles. The summed E-state index contributed by atoms with van der Waals surface area (Å²) in [6, 6.07) is 4.78. The van der Waals surface area contributed by atoms with Gasteiger partial charge in [-0.15, -0.1) is 11.3 Å². The number of hydrogen-bond donors (Lipinski definition) is 2. The molecule has 1 aromatic heterocycles. The maximum absolute atomic E-state index is 11.9. The molecule has 2 atom stereocenters. The number of thiophene rings is 1. The Balaban J connectivity index is 1.97. The van der Waals surface area contributed by atoms with Gasteiger partial charge in [-0.05, 0) is 71.5 Å². The van der Waals surface area contributed by atoms with E-state index in [1.54, 1.807) is 0 Å². The molecule has 0 spiro atoms. The number of guanidine groups is 1. The van der Waals surface area contributed by atoms with E-state index >= 15 is 0 Å². The molecule has 27 heavy (non-hydrogen) atoms. The van der Waals surface area contributed by atoms with Gasteiger partial charge in [0.15, 0.2) is 5.96 Å². The van der Waals surface area contributed by atoms with Crippen LogP contribution in [0.2, 0.25) is 0 Å². The van der Waals surface area contributed by atoms with Gasteiger partial charge in [0.25, 0.3) is 0 Å². The van der Waals surface area contributed by atoms with Gasteiger partial charge < -0.3 is 15.4 Å². The lowest BCUT2D eigenvalue weighted by Gasteiger charge is -2.39. The van der Waals surface area contributed by atoms with E-state index in [-0.39, 0.29) is 12.5 Å². The first-order chi connectivity index (χ1) is 12.8. The third-order valence-corrected chi connectivity index (χ3v) is 5.45. The summed E-state index contributed by atoms with van der Waals surface area (Å²) in [5.41, 5.74) is -0.487. The molecule has 7 heteroatoms. The van der Waals surface area contributed by atoms with Gasteiger partial charge >= 0.3 is 5.97 Å². The van der Waals surface area contributed by atoms with Crippen LogP contribution in [0.3, 0.4) is 0 Å². The Morgan fingerprint density at radius 3 is 2.81 bits per heavy atom. The summed E-state index contributed by atoms with van der Waals surface area (Å²) in [6.45, 7) is 10.3. The van der Waals surface area contributed by atoms with Crippen molar-refractivity contribution in [2.75, 3.05) is 33.2 Å². The van der Waals surface area contributed by atoms with Crippen molar-refractivity contribution >= 4 is 23.3 Å². The van der Waals surface area contributed by atoms with Crippen molar-refractivity contribution in [3.8, 4) is 0 Å². The highest BCUT2D eigenvalue weighted by molar-refractivity contribution is 7.10. The van der Waals surface area contributed by atoms with Crippen molar-refractivity contribution in [3.63, 3.8) is 0 Å². The number of rotatable bonds is 6. The molecule has 0 aliphatic carbocycles. The Kier molecular flexibility index (Phi) is 8.10. The molecule has 1 aliphatic heterocycles. The smallest absolute Gasteiger partial charge is 0.328 e. The van der Waals surface area contributed by atoms with Crippen molar-refractivity contribution in [1.29, 1.82) is 0 Å². The van der Waals surface area contributed by atoms with Crippen LogP contribution in [-0.4, -0.2) is 55.7 Å². The van der Waals surface area contributed by atoms with Crippen molar-refractivity contribution in [3.05, 3.63) is 22.4 Å². The summed E-state index contributed by atoms with van der Waals surface area (Å²) in [7, 11) is 2.21. The van der Waals surface area contributed by atoms with E-state index in [4.69, 9.17) is 4.74 Å². The lowest BCUT2D eigenvalue weighted by molar-refractivity contribution is -0.152. The second-order valence-electron chi connectivity index (χ2n) is 8.01. The molecule has 0 radical (unpaired) electrons. The second kappa shape index (κ2) is 10.1. The fourth-order valence-corrected chi connectivity index (χ4v) is 4.45. The number of nitrogens with one attached hydrogen (secondary N) is 2. The first kappa shape index (κ1) is 21.7. The van der Waals surface area contributed by atoms with Gasteiger partial charge in [0.1, 0.15) is 12.1 Å². The highest BCUT2D eigenvalue weighted by Gasteiger charge is 2.31. The number of hydrogen-bond acceptors (Lipinski definition) is 5. The van der Waals surface area contributed by atoms with E-state index in [9.17, 15) is 4.79 Å². The molecule has 0 bridgehead atoms. The number of carbonyl (C=O) groups is 1. The first-order valence-electron chi connectivity index (χ1n) is 9.78. The van der Waals surface area contributed by atoms with Gasteiger partial charge in [0.2, 0.25) is 0 Å². The molecule has 2 heterocycles. The average molecular weight is 395 g/mol. The fraction of sp³-hybridized carbons (Fsp3) is 0.700. The molecule has 1 aliphatic rings. The predicted molar refractivity (Wildman–Crippen MR) is 112 cm³/mol. The molecule has 2 N–H and O–H groups in total. The fourth-order valence-electron chi connectivity index (χ4n) is 3.47. The molecule has 2 rings (SSSR count). The monoisotopic (exact) mass is 394 g/mol. The quantitative estimate of drug-likeness (QED) is 0.441. The van der Waals surface area contributed by atoms with Crippen molar-refractivity contribution in [1.82, 2.24) is 15.5 Å². The largest absolute Gasteiger partial charge is 0.459 e. The molecule has 1 aromatic rings. The van der Waals surface area contributed by atoms with E-state index in [2.05, 4.69) is 45.1 Å². The van der Waals surface area contributed by atoms with Gasteiger partial charge in [-0.1, -0.05) is 6.07 Å². The topological polar surface area (TPSA) is 66.0 Å². The van der Waals surface area contributed by atoms with Crippen LogP contribution >= 0.6 is 11.3 Å². The number of esters is 1. The zero-order valence-electron chi connectivity index (χ0n) is 17.2. The number of piperidine rings is 1. The van der Waals surface area contributed by atoms with E-state index in [0.717, 1.165) is 19.6 Å². The van der Waals surface area contributed by atoms with Crippen molar-refractivity contribution < 1.29 is 9.53 Å². The minimum Gasteiger partial charge on any atom is -0.459 e. The summed E-state index contributed by atoms with van der Waals surface area (Å²) < 4.78 is 5.33. The lowest BCUT2D eigenvalue weighted by atomic mass is 9.88. The molecule has 152 valence electrons. The van der Waals surface area contributed by atoms with Crippen LogP contribution in [0.5, 0.6) is 0 Å². The Morgan fingerprint density at radius 2 is 2.19 bits per heavy atom. The summed E-state index contributed by atoms with van der Waals surface area (Å²) in [4.78, 5) is 20.2. The van der Waals surface area contributed by atoms with Gasteiger partial charge in [-0.25, -0.2) is 4.99 Å². The average Bonchev–Trinajstić information content (AvgIpc) is 3.10. The molecular weight excluding hydrogens is 360 g/mol. The Morgan fingerprint density at radius 1 is 1.41 bits per heavy atom. The molecule has 6 nitrogen and oxygen atoms in total. The predicted octanol–water partition coefficient (Wildman–Crippen LogP) is 3.03. The van der Waals surface area contributed by atoms with Gasteiger partial charge in [-0.2, -0.15) is 0 Å². The van der Waals surface area contributed by atoms with Crippen LogP contribution in [-0.2, 0) is 9.53 Å². The van der Waals surface area contributed by atoms with Crippen LogP contribution in [0.15, 0.2) is 22.5 Å². The standard InChI is InChI=1S/C20H34N4O2S/c1-6-21-19(23-14-17(25)26-20(2,3)4)22-13-15-9-7-11-24(5)18(15)16-10-8-12-27-16/h8,10,12,15,18H,6-7,9,11,13-14H2,1-5H3,(H2,21,22,23). The normalized spacial score (nSPS) is 21.7. The summed E-state index contributed by atoms with van der Waals surface area (Å²) in [5, 5.41) is 8.80. The molecule has 0 amide bonds. The maximum Gasteiger partial charge on any atom is 0.328 e. The van der Waals surface area contributed by atoms with E-state index < -0.39 is 5.60 Å². The number of carbonyl (C=O) groups excluding carboxylic acids is 1. The summed E-state index contributed by atoms with van der Waals surface area (Å²) in [5.74, 6) is 0.864. The number of likely N-dealkylation sites (tertiary alicyclic amines) is 1. The molecule has 0 saturated carbocycles. The minimum atomic E-state index is -0.487. The first-order valence-corrected chi connectivity index (χ1v) is 10.7. The molecular formula is C20H34N4O2S. The number of ether oxygens (including phenoxy) is 1. The molecule has 2 unspecified atom stereocenters. The van der Waals surface area contributed by atoms with E-state index in [1.807, 2.05) is 39.0 Å². The van der Waals surface area contributed by atoms with Gasteiger partial charge in [0, 0.05) is 24.0 Å². The number of nitrogens with zero attached hydrogens (tertiary/aromatic N) is 2. The van der Waals surface area contributed by atoms with E-state index in [1.165, 1.54) is 17.7 Å². The zero-order chi connectivity index (χ0) is 19.9. The highest BCUT2D eigenvalue weighted by Crippen LogP contribution is 2.36. The summed E-state index contributed by atoms with van der Waals surface area (Å²) >= 11 is 1.82. The Bertz CT molecular complexity index is 610. The van der Waals surface area contributed by atoms with Crippen LogP contribution in [0, 0.1) is 5.92 Å². The Hall–Kier alpha value is -1.60. The third-order valence-electron chi connectivity index (χ3n) is 4.50. The third kappa shape index (κ3) is 7.14. The lowest BCUT2D eigenvalue weighted by Crippen LogP contribution is -2.45. The maximum atomic E-state index is 11.9.